The van der Waals surface area contributed by atoms with Gasteiger partial charge in [-0.15, -0.1) is 22.7 Å². The molecule has 0 N–H and O–H groups in total. The van der Waals surface area contributed by atoms with Crippen LogP contribution in [0.15, 0.2) is 61.2 Å². The Morgan fingerprint density at radius 3 is 2.16 bits per heavy atom. The molecule has 0 fully saturated rings. The lowest BCUT2D eigenvalue weighted by atomic mass is 10.1. The van der Waals surface area contributed by atoms with Gasteiger partial charge in [0.1, 0.15) is 20.4 Å². The quantitative estimate of drug-likeness (QED) is 0.194. The molecule has 0 saturated heterocycles. The molecule has 164 valence electrons. The molecule has 0 atom stereocenters. The standard InChI is InChI=1S/C28H30OS2Si/c1-6-15-29-25-21-12-10-9-11-20(21)13-14-24(25)32(7-2,8-3)28-22-16-18(4)30-26(22)27-23(28)17-19(5)31-27/h6,9-14,16-17,28H,1,7-8,15H2,2-5H3. The predicted octanol–water partition coefficient (Wildman–Crippen LogP) is 8.19. The molecule has 0 bridgehead atoms. The maximum Gasteiger partial charge on any atom is 0.126 e. The molecule has 0 saturated carbocycles. The number of fused-ring (bicyclic) bond motifs is 4. The van der Waals surface area contributed by atoms with E-state index >= 15 is 0 Å². The van der Waals surface area contributed by atoms with Crippen molar-refractivity contribution < 1.29 is 4.74 Å². The summed E-state index contributed by atoms with van der Waals surface area (Å²) in [5.74, 6) is 1.09. The first-order chi connectivity index (χ1) is 15.5. The summed E-state index contributed by atoms with van der Waals surface area (Å²) in [6, 6.07) is 20.7. The molecule has 1 nitrogen and oxygen atoms in total. The summed E-state index contributed by atoms with van der Waals surface area (Å²) in [6.07, 6.45) is 1.86. The Morgan fingerprint density at radius 2 is 1.56 bits per heavy atom. The van der Waals surface area contributed by atoms with Crippen LogP contribution in [0.3, 0.4) is 0 Å². The highest BCUT2D eigenvalue weighted by atomic mass is 32.1. The van der Waals surface area contributed by atoms with E-state index in [1.807, 2.05) is 28.7 Å². The number of ether oxygens (including phenoxy) is 1. The second-order valence-corrected chi connectivity index (χ2v) is 16.2. The van der Waals surface area contributed by atoms with Crippen molar-refractivity contribution in [2.24, 2.45) is 0 Å². The van der Waals surface area contributed by atoms with E-state index in [1.54, 1.807) is 11.1 Å². The maximum atomic E-state index is 6.48. The molecule has 1 aliphatic carbocycles. The number of thiophene rings is 2. The molecular weight excluding hydrogens is 445 g/mol. The average molecular weight is 475 g/mol. The van der Waals surface area contributed by atoms with Gasteiger partial charge in [0.25, 0.3) is 0 Å². The lowest BCUT2D eigenvalue weighted by Crippen LogP contribution is -2.52. The second-order valence-electron chi connectivity index (χ2n) is 8.84. The monoisotopic (exact) mass is 474 g/mol. The third kappa shape index (κ3) is 3.15. The number of aryl methyl sites for hydroxylation is 2. The van der Waals surface area contributed by atoms with Gasteiger partial charge in [-0.1, -0.05) is 75.0 Å². The second kappa shape index (κ2) is 8.33. The van der Waals surface area contributed by atoms with Crippen molar-refractivity contribution in [3.05, 3.63) is 82.1 Å². The van der Waals surface area contributed by atoms with Crippen molar-refractivity contribution in [3.8, 4) is 15.5 Å². The molecule has 2 aromatic carbocycles. The van der Waals surface area contributed by atoms with Gasteiger partial charge in [0, 0.05) is 30.4 Å². The molecule has 4 heteroatoms. The van der Waals surface area contributed by atoms with Crippen LogP contribution >= 0.6 is 22.7 Å². The van der Waals surface area contributed by atoms with E-state index in [4.69, 9.17) is 4.74 Å². The van der Waals surface area contributed by atoms with Crippen molar-refractivity contribution in [1.82, 2.24) is 0 Å². The summed E-state index contributed by atoms with van der Waals surface area (Å²) in [5, 5.41) is 3.95. The van der Waals surface area contributed by atoms with Gasteiger partial charge in [0.2, 0.25) is 0 Å². The molecule has 2 heterocycles. The van der Waals surface area contributed by atoms with Crippen LogP contribution in [-0.2, 0) is 0 Å². The molecule has 0 aliphatic heterocycles. The van der Waals surface area contributed by atoms with Crippen LogP contribution in [0, 0.1) is 13.8 Å². The molecule has 5 rings (SSSR count). The summed E-state index contributed by atoms with van der Waals surface area (Å²) in [6.45, 7) is 13.8. The SMILES string of the molecule is C=CCOc1c([Si](CC)(CC)C2c3cc(C)sc3-c3sc(C)cc32)ccc2ccccc12. The van der Waals surface area contributed by atoms with Gasteiger partial charge in [-0.2, -0.15) is 0 Å². The first kappa shape index (κ1) is 21.7. The molecule has 1 aliphatic rings. The van der Waals surface area contributed by atoms with Crippen molar-refractivity contribution in [2.75, 3.05) is 6.61 Å². The van der Waals surface area contributed by atoms with Gasteiger partial charge >= 0.3 is 0 Å². The topological polar surface area (TPSA) is 9.23 Å². The summed E-state index contributed by atoms with van der Waals surface area (Å²) in [7, 11) is -2.02. The minimum absolute atomic E-state index is 0.490. The van der Waals surface area contributed by atoms with Crippen LogP contribution in [0.5, 0.6) is 5.75 Å². The lowest BCUT2D eigenvalue weighted by Gasteiger charge is -2.38. The fraction of sp³-hybridized carbons (Fsp3) is 0.286. The molecule has 4 aromatic rings. The number of rotatable bonds is 7. The lowest BCUT2D eigenvalue weighted by molar-refractivity contribution is 0.370. The number of hydrogen-bond acceptors (Lipinski definition) is 3. The van der Waals surface area contributed by atoms with E-state index in [0.29, 0.717) is 12.1 Å². The van der Waals surface area contributed by atoms with E-state index in [-0.39, 0.29) is 0 Å². The Morgan fingerprint density at radius 1 is 0.938 bits per heavy atom. The molecule has 0 radical (unpaired) electrons. The third-order valence-electron chi connectivity index (χ3n) is 7.17. The average Bonchev–Trinajstić information content (AvgIpc) is 3.44. The Bertz CT molecular complexity index is 1260. The van der Waals surface area contributed by atoms with Crippen LogP contribution in [0.4, 0.5) is 0 Å². The fourth-order valence-electron chi connectivity index (χ4n) is 5.74. The van der Waals surface area contributed by atoms with E-state index in [0.717, 1.165) is 5.75 Å². The van der Waals surface area contributed by atoms with Gasteiger partial charge in [0.05, 0.1) is 0 Å². The first-order valence-corrected chi connectivity index (χ1v) is 15.6. The summed E-state index contributed by atoms with van der Waals surface area (Å²) >= 11 is 3.96. The summed E-state index contributed by atoms with van der Waals surface area (Å²) in [4.78, 5) is 5.89. The summed E-state index contributed by atoms with van der Waals surface area (Å²) < 4.78 is 6.48. The minimum atomic E-state index is -2.02. The third-order valence-corrected chi connectivity index (χ3v) is 15.2. The van der Waals surface area contributed by atoms with Gasteiger partial charge in [-0.3, -0.25) is 0 Å². The molecule has 0 amide bonds. The fourth-order valence-corrected chi connectivity index (χ4v) is 13.3. The Kier molecular flexibility index (Phi) is 5.64. The largest absolute Gasteiger partial charge is 0.489 e. The van der Waals surface area contributed by atoms with Crippen molar-refractivity contribution in [1.29, 1.82) is 0 Å². The Balaban J connectivity index is 1.80. The first-order valence-electron chi connectivity index (χ1n) is 11.5. The predicted molar refractivity (Wildman–Crippen MR) is 145 cm³/mol. The van der Waals surface area contributed by atoms with E-state index in [9.17, 15) is 0 Å². The van der Waals surface area contributed by atoms with Crippen molar-refractivity contribution in [3.63, 3.8) is 0 Å². The van der Waals surface area contributed by atoms with Crippen LogP contribution in [0.1, 0.15) is 40.3 Å². The van der Waals surface area contributed by atoms with Crippen LogP contribution < -0.4 is 9.92 Å². The number of benzene rings is 2. The highest BCUT2D eigenvalue weighted by molar-refractivity contribution is 7.23. The molecule has 32 heavy (non-hydrogen) atoms. The van der Waals surface area contributed by atoms with E-state index in [1.165, 1.54) is 47.6 Å². The highest BCUT2D eigenvalue weighted by Crippen LogP contribution is 2.57. The van der Waals surface area contributed by atoms with E-state index < -0.39 is 8.07 Å². The van der Waals surface area contributed by atoms with Crippen LogP contribution in [0.25, 0.3) is 20.5 Å². The van der Waals surface area contributed by atoms with E-state index in [2.05, 4.69) is 82.8 Å². The zero-order valence-electron chi connectivity index (χ0n) is 19.3. The summed E-state index contributed by atoms with van der Waals surface area (Å²) in [5.41, 5.74) is 3.64. The molecule has 0 unspecified atom stereocenters. The van der Waals surface area contributed by atoms with Crippen molar-refractivity contribution in [2.45, 2.75) is 45.3 Å². The van der Waals surface area contributed by atoms with Gasteiger partial charge in [-0.25, -0.2) is 0 Å². The highest BCUT2D eigenvalue weighted by Gasteiger charge is 2.49. The Hall–Kier alpha value is -2.14. The molecule has 0 spiro atoms. The zero-order valence-corrected chi connectivity index (χ0v) is 22.0. The van der Waals surface area contributed by atoms with Gasteiger partial charge < -0.3 is 4.74 Å². The van der Waals surface area contributed by atoms with Crippen LogP contribution in [0.2, 0.25) is 12.1 Å². The molecular formula is C28H30OS2Si. The zero-order chi connectivity index (χ0) is 22.5. The minimum Gasteiger partial charge on any atom is -0.489 e. The van der Waals surface area contributed by atoms with Gasteiger partial charge in [-0.05, 0) is 47.7 Å². The smallest absolute Gasteiger partial charge is 0.126 e. The normalized spacial score (nSPS) is 13.4. The number of hydrogen-bond donors (Lipinski definition) is 0. The van der Waals surface area contributed by atoms with Gasteiger partial charge in [0.15, 0.2) is 0 Å². The molecule has 2 aromatic heterocycles. The van der Waals surface area contributed by atoms with Crippen LogP contribution in [-0.4, -0.2) is 14.7 Å². The van der Waals surface area contributed by atoms with Crippen molar-refractivity contribution >= 4 is 46.7 Å². The Labute approximate surface area is 200 Å². The maximum absolute atomic E-state index is 6.48.